The number of aromatic carboxylic acids is 1. The molecule has 150 valence electrons. The van der Waals surface area contributed by atoms with Crippen molar-refractivity contribution in [1.82, 2.24) is 19.6 Å². The summed E-state index contributed by atoms with van der Waals surface area (Å²) in [7, 11) is 0. The summed E-state index contributed by atoms with van der Waals surface area (Å²) in [6.45, 7) is 2.57. The molecule has 0 amide bonds. The first-order valence-electron chi connectivity index (χ1n) is 9.37. The molecule has 1 aliphatic rings. The minimum Gasteiger partial charge on any atom is -0.477 e. The van der Waals surface area contributed by atoms with Crippen LogP contribution in [0.25, 0.3) is 11.7 Å². The fourth-order valence-electron chi connectivity index (χ4n) is 3.65. The first-order valence-corrected chi connectivity index (χ1v) is 9.37. The molecule has 3 aromatic rings. The van der Waals surface area contributed by atoms with Crippen molar-refractivity contribution in [1.29, 1.82) is 0 Å². The molecule has 0 saturated carbocycles. The molecule has 0 aliphatic carbocycles. The van der Waals surface area contributed by atoms with E-state index in [2.05, 4.69) is 20.0 Å². The molecular formula is C20H21FN6O2. The molecule has 29 heavy (non-hydrogen) atoms. The van der Waals surface area contributed by atoms with E-state index in [1.165, 1.54) is 23.0 Å². The van der Waals surface area contributed by atoms with Gasteiger partial charge in [0.1, 0.15) is 17.2 Å². The van der Waals surface area contributed by atoms with Crippen LogP contribution in [0.15, 0.2) is 36.8 Å². The minimum absolute atomic E-state index is 0.0376. The zero-order chi connectivity index (χ0) is 20.5. The Morgan fingerprint density at radius 2 is 2.28 bits per heavy atom. The normalized spacial score (nSPS) is 18.0. The van der Waals surface area contributed by atoms with Crippen LogP contribution in [0.4, 0.5) is 10.2 Å². The van der Waals surface area contributed by atoms with Crippen LogP contribution in [0.3, 0.4) is 0 Å². The third kappa shape index (κ3) is 3.68. The van der Waals surface area contributed by atoms with E-state index in [0.717, 1.165) is 24.9 Å². The number of fused-ring (bicyclic) bond motifs is 1. The Hall–Kier alpha value is -3.33. The van der Waals surface area contributed by atoms with Crippen molar-refractivity contribution < 1.29 is 14.3 Å². The van der Waals surface area contributed by atoms with Crippen molar-refractivity contribution in [2.24, 2.45) is 5.73 Å². The second-order valence-electron chi connectivity index (χ2n) is 7.11. The SMILES string of the molecule is C[C@@H](N)/C=C\c1ncc(F)cc1C1CCCN1c1ccn2ncc(C(=O)O)c2n1. The summed E-state index contributed by atoms with van der Waals surface area (Å²) in [6, 6.07) is 3.01. The van der Waals surface area contributed by atoms with Crippen molar-refractivity contribution in [3.05, 3.63) is 59.4 Å². The van der Waals surface area contributed by atoms with Gasteiger partial charge in [0.05, 0.1) is 24.1 Å². The predicted molar refractivity (Wildman–Crippen MR) is 106 cm³/mol. The summed E-state index contributed by atoms with van der Waals surface area (Å²) in [4.78, 5) is 22.3. The highest BCUT2D eigenvalue weighted by Crippen LogP contribution is 2.37. The van der Waals surface area contributed by atoms with Gasteiger partial charge in [0.15, 0.2) is 5.65 Å². The van der Waals surface area contributed by atoms with Gasteiger partial charge >= 0.3 is 5.97 Å². The van der Waals surface area contributed by atoms with Gasteiger partial charge in [-0.25, -0.2) is 18.7 Å². The second kappa shape index (κ2) is 7.59. The van der Waals surface area contributed by atoms with E-state index < -0.39 is 11.8 Å². The number of halogens is 1. The monoisotopic (exact) mass is 396 g/mol. The van der Waals surface area contributed by atoms with Gasteiger partial charge in [0, 0.05) is 24.3 Å². The standard InChI is InChI=1S/C20H21FN6O2/c1-12(22)4-5-16-14(9-13(21)10-23-16)17-3-2-7-26(17)18-6-8-27-19(25-18)15(11-24-27)20(28)29/h4-6,8-12,17H,2-3,7,22H2,1H3,(H,28,29)/b5-4-/t12-,17?/m1/s1. The van der Waals surface area contributed by atoms with Crippen LogP contribution in [0, 0.1) is 5.82 Å². The molecule has 0 radical (unpaired) electrons. The Labute approximate surface area is 166 Å². The van der Waals surface area contributed by atoms with Crippen LogP contribution < -0.4 is 10.6 Å². The lowest BCUT2D eigenvalue weighted by atomic mass is 10.0. The molecule has 0 bridgehead atoms. The highest BCUT2D eigenvalue weighted by molar-refractivity contribution is 5.94. The molecule has 8 nitrogen and oxygen atoms in total. The molecule has 9 heteroatoms. The van der Waals surface area contributed by atoms with Gasteiger partial charge in [0.2, 0.25) is 0 Å². The lowest BCUT2D eigenvalue weighted by molar-refractivity contribution is 0.0698. The number of nitrogens with zero attached hydrogens (tertiary/aromatic N) is 5. The van der Waals surface area contributed by atoms with Crippen LogP contribution in [0.2, 0.25) is 0 Å². The quantitative estimate of drug-likeness (QED) is 0.682. The zero-order valence-corrected chi connectivity index (χ0v) is 15.9. The van der Waals surface area contributed by atoms with Crippen molar-refractivity contribution >= 4 is 23.5 Å². The van der Waals surface area contributed by atoms with Crippen LogP contribution in [0.5, 0.6) is 0 Å². The first kappa shape index (κ1) is 19.0. The third-order valence-electron chi connectivity index (χ3n) is 4.96. The Balaban J connectivity index is 1.75. The maximum Gasteiger partial charge on any atom is 0.341 e. The van der Waals surface area contributed by atoms with Crippen LogP contribution in [-0.2, 0) is 0 Å². The fourth-order valence-corrected chi connectivity index (χ4v) is 3.65. The van der Waals surface area contributed by atoms with Crippen molar-refractivity contribution in [2.45, 2.75) is 31.8 Å². The van der Waals surface area contributed by atoms with Gasteiger partial charge in [-0.1, -0.05) is 6.08 Å². The van der Waals surface area contributed by atoms with E-state index in [-0.39, 0.29) is 23.3 Å². The molecule has 2 atom stereocenters. The smallest absolute Gasteiger partial charge is 0.341 e. The van der Waals surface area contributed by atoms with Gasteiger partial charge in [-0.05, 0) is 38.0 Å². The average Bonchev–Trinajstić information content (AvgIpc) is 3.33. The number of anilines is 1. The van der Waals surface area contributed by atoms with Crippen molar-refractivity contribution in [2.75, 3.05) is 11.4 Å². The summed E-state index contributed by atoms with van der Waals surface area (Å²) >= 11 is 0. The Kier molecular flexibility index (Phi) is 4.98. The maximum absolute atomic E-state index is 14.0. The van der Waals surface area contributed by atoms with Crippen molar-refractivity contribution in [3.63, 3.8) is 0 Å². The zero-order valence-electron chi connectivity index (χ0n) is 15.9. The van der Waals surface area contributed by atoms with Gasteiger partial charge in [-0.3, -0.25) is 4.98 Å². The predicted octanol–water partition coefficient (Wildman–Crippen LogP) is 2.66. The van der Waals surface area contributed by atoms with E-state index in [0.29, 0.717) is 11.5 Å². The van der Waals surface area contributed by atoms with E-state index in [1.54, 1.807) is 12.3 Å². The number of carboxylic acids is 1. The third-order valence-corrected chi connectivity index (χ3v) is 4.96. The van der Waals surface area contributed by atoms with E-state index in [1.807, 2.05) is 19.1 Å². The molecule has 1 saturated heterocycles. The van der Waals surface area contributed by atoms with Crippen molar-refractivity contribution in [3.8, 4) is 0 Å². The molecular weight excluding hydrogens is 375 g/mol. The summed E-state index contributed by atoms with van der Waals surface area (Å²) in [6.07, 6.45) is 9.49. The minimum atomic E-state index is -1.08. The lowest BCUT2D eigenvalue weighted by Crippen LogP contribution is -2.25. The highest BCUT2D eigenvalue weighted by Gasteiger charge is 2.30. The summed E-state index contributed by atoms with van der Waals surface area (Å²) in [5.74, 6) is -0.869. The number of pyridine rings is 1. The topological polar surface area (TPSA) is 110 Å². The molecule has 1 fully saturated rings. The molecule has 4 rings (SSSR count). The van der Waals surface area contributed by atoms with Gasteiger partial charge in [-0.2, -0.15) is 5.10 Å². The number of hydrogen-bond acceptors (Lipinski definition) is 6. The van der Waals surface area contributed by atoms with Crippen LogP contribution in [-0.4, -0.2) is 43.2 Å². The first-order chi connectivity index (χ1) is 13.9. The Morgan fingerprint density at radius 3 is 3.03 bits per heavy atom. The Bertz CT molecular complexity index is 1090. The molecule has 0 aromatic carbocycles. The molecule has 4 heterocycles. The fraction of sp³-hybridized carbons (Fsp3) is 0.300. The molecule has 3 aromatic heterocycles. The number of carbonyl (C=O) groups is 1. The molecule has 3 N–H and O–H groups in total. The number of rotatable bonds is 5. The lowest BCUT2D eigenvalue weighted by Gasteiger charge is -2.27. The summed E-state index contributed by atoms with van der Waals surface area (Å²) in [5, 5.41) is 13.4. The highest BCUT2D eigenvalue weighted by atomic mass is 19.1. The summed E-state index contributed by atoms with van der Waals surface area (Å²) in [5.41, 5.74) is 7.54. The van der Waals surface area contributed by atoms with Crippen LogP contribution >= 0.6 is 0 Å². The molecule has 0 spiro atoms. The molecule has 1 aliphatic heterocycles. The van der Waals surface area contributed by atoms with Crippen LogP contribution in [0.1, 0.15) is 47.4 Å². The summed E-state index contributed by atoms with van der Waals surface area (Å²) < 4.78 is 15.4. The van der Waals surface area contributed by atoms with Gasteiger partial charge in [0.25, 0.3) is 0 Å². The van der Waals surface area contributed by atoms with E-state index >= 15 is 0 Å². The number of hydrogen-bond donors (Lipinski definition) is 2. The number of aromatic nitrogens is 4. The largest absolute Gasteiger partial charge is 0.477 e. The second-order valence-corrected chi connectivity index (χ2v) is 7.11. The van der Waals surface area contributed by atoms with Gasteiger partial charge in [-0.15, -0.1) is 0 Å². The average molecular weight is 396 g/mol. The maximum atomic E-state index is 14.0. The molecule has 1 unspecified atom stereocenters. The van der Waals surface area contributed by atoms with Gasteiger partial charge < -0.3 is 15.7 Å². The Morgan fingerprint density at radius 1 is 1.45 bits per heavy atom. The van der Waals surface area contributed by atoms with E-state index in [4.69, 9.17) is 5.73 Å². The van der Waals surface area contributed by atoms with E-state index in [9.17, 15) is 14.3 Å². The number of carboxylic acid groups (broad SMARTS) is 1. The number of nitrogens with two attached hydrogens (primary N) is 1.